The number of amides is 1. The van der Waals surface area contributed by atoms with Crippen LogP contribution in [0.1, 0.15) is 30.6 Å². The first kappa shape index (κ1) is 14.9. The molecule has 0 aliphatic rings. The van der Waals surface area contributed by atoms with Crippen molar-refractivity contribution in [2.75, 3.05) is 5.32 Å². The molecular formula is C12H17N3O4. The molecule has 0 saturated carbocycles. The molecule has 7 nitrogen and oxygen atoms in total. The van der Waals surface area contributed by atoms with E-state index in [-0.39, 0.29) is 17.3 Å². The first-order valence-electron chi connectivity index (χ1n) is 5.84. The van der Waals surface area contributed by atoms with Crippen molar-refractivity contribution in [2.24, 2.45) is 5.73 Å². The summed E-state index contributed by atoms with van der Waals surface area (Å²) in [6, 6.07) is 3.86. The Kier molecular flexibility index (Phi) is 4.82. The fourth-order valence-electron chi connectivity index (χ4n) is 1.79. The molecule has 2 unspecified atom stereocenters. The molecule has 0 fully saturated rings. The van der Waals surface area contributed by atoms with Gasteiger partial charge in [0.05, 0.1) is 11.0 Å². The number of nitrogens with zero attached hydrogens (tertiary/aromatic N) is 1. The van der Waals surface area contributed by atoms with Crippen LogP contribution in [-0.2, 0) is 0 Å². The van der Waals surface area contributed by atoms with E-state index in [0.29, 0.717) is 12.1 Å². The maximum absolute atomic E-state index is 11.0. The van der Waals surface area contributed by atoms with E-state index >= 15 is 0 Å². The minimum absolute atomic E-state index is 0.0837. The Hall–Kier alpha value is -2.15. The van der Waals surface area contributed by atoms with Crippen LogP contribution in [-0.4, -0.2) is 28.1 Å². The number of rotatable bonds is 6. The molecular weight excluding hydrogens is 250 g/mol. The number of primary amides is 1. The summed E-state index contributed by atoms with van der Waals surface area (Å²) in [5, 5.41) is 23.2. The van der Waals surface area contributed by atoms with Crippen LogP contribution in [0.2, 0.25) is 0 Å². The number of nitrogens with two attached hydrogens (primary N) is 1. The highest BCUT2D eigenvalue weighted by Crippen LogP contribution is 2.26. The Balaban J connectivity index is 3.00. The van der Waals surface area contributed by atoms with Crippen molar-refractivity contribution in [3.05, 3.63) is 33.9 Å². The van der Waals surface area contributed by atoms with Crippen LogP contribution in [0.25, 0.3) is 0 Å². The topological polar surface area (TPSA) is 118 Å². The molecule has 0 radical (unpaired) electrons. The predicted molar refractivity (Wildman–Crippen MR) is 71.0 cm³/mol. The summed E-state index contributed by atoms with van der Waals surface area (Å²) >= 11 is 0. The zero-order valence-corrected chi connectivity index (χ0v) is 10.8. The quantitative estimate of drug-likeness (QED) is 0.529. The highest BCUT2D eigenvalue weighted by molar-refractivity contribution is 5.94. The van der Waals surface area contributed by atoms with Gasteiger partial charge < -0.3 is 16.2 Å². The van der Waals surface area contributed by atoms with Gasteiger partial charge in [-0.05, 0) is 32.4 Å². The third kappa shape index (κ3) is 4.22. The second-order valence-corrected chi connectivity index (χ2v) is 4.48. The number of nitro benzene ring substituents is 1. The van der Waals surface area contributed by atoms with Gasteiger partial charge in [-0.15, -0.1) is 0 Å². The maximum Gasteiger partial charge on any atom is 0.293 e. The number of benzene rings is 1. The lowest BCUT2D eigenvalue weighted by Crippen LogP contribution is -2.21. The van der Waals surface area contributed by atoms with Crippen molar-refractivity contribution in [3.63, 3.8) is 0 Å². The van der Waals surface area contributed by atoms with E-state index in [1.165, 1.54) is 12.1 Å². The SMILES string of the molecule is CC(O)CC(C)Nc1ccc(C(N)=O)cc1[N+](=O)[O-]. The molecule has 1 aromatic carbocycles. The second-order valence-electron chi connectivity index (χ2n) is 4.48. The summed E-state index contributed by atoms with van der Waals surface area (Å²) in [4.78, 5) is 21.4. The van der Waals surface area contributed by atoms with E-state index in [0.717, 1.165) is 6.07 Å². The summed E-state index contributed by atoms with van der Waals surface area (Å²) in [5.41, 5.74) is 5.25. The van der Waals surface area contributed by atoms with E-state index in [1.54, 1.807) is 13.8 Å². The summed E-state index contributed by atoms with van der Waals surface area (Å²) in [6.07, 6.45) is -0.0548. The molecule has 4 N–H and O–H groups in total. The Bertz CT molecular complexity index is 488. The van der Waals surface area contributed by atoms with Crippen molar-refractivity contribution in [3.8, 4) is 0 Å². The summed E-state index contributed by atoms with van der Waals surface area (Å²) in [6.45, 7) is 3.45. The van der Waals surface area contributed by atoms with Gasteiger partial charge in [0.15, 0.2) is 0 Å². The van der Waals surface area contributed by atoms with Crippen molar-refractivity contribution in [2.45, 2.75) is 32.4 Å². The first-order valence-corrected chi connectivity index (χ1v) is 5.84. The van der Waals surface area contributed by atoms with Gasteiger partial charge >= 0.3 is 0 Å². The highest BCUT2D eigenvalue weighted by Gasteiger charge is 2.18. The molecule has 1 amide bonds. The van der Waals surface area contributed by atoms with Crippen LogP contribution < -0.4 is 11.1 Å². The average Bonchev–Trinajstić information content (AvgIpc) is 2.27. The molecule has 2 atom stereocenters. The van der Waals surface area contributed by atoms with Crippen molar-refractivity contribution in [1.29, 1.82) is 0 Å². The number of nitrogens with one attached hydrogen (secondary N) is 1. The monoisotopic (exact) mass is 267 g/mol. The van der Waals surface area contributed by atoms with Gasteiger partial charge in [0.1, 0.15) is 5.69 Å². The number of aliphatic hydroxyl groups is 1. The van der Waals surface area contributed by atoms with Gasteiger partial charge in [-0.1, -0.05) is 0 Å². The molecule has 1 rings (SSSR count). The molecule has 0 heterocycles. The van der Waals surface area contributed by atoms with Gasteiger partial charge in [0.2, 0.25) is 5.91 Å². The van der Waals surface area contributed by atoms with Gasteiger partial charge in [0, 0.05) is 17.7 Å². The number of anilines is 1. The van der Waals surface area contributed by atoms with Crippen LogP contribution in [0.4, 0.5) is 11.4 Å². The van der Waals surface area contributed by atoms with E-state index in [1.807, 2.05) is 0 Å². The summed E-state index contributed by atoms with van der Waals surface area (Å²) in [7, 11) is 0. The van der Waals surface area contributed by atoms with Crippen molar-refractivity contribution < 1.29 is 14.8 Å². The zero-order valence-electron chi connectivity index (χ0n) is 10.8. The normalized spacial score (nSPS) is 13.6. The standard InChI is InChI=1S/C12H17N3O4/c1-7(5-8(2)16)14-10-4-3-9(12(13)17)6-11(10)15(18)19/h3-4,6-8,14,16H,5H2,1-2H3,(H2,13,17). The Labute approximate surface area is 110 Å². The molecule has 1 aromatic rings. The number of aliphatic hydroxyl groups excluding tert-OH is 1. The van der Waals surface area contributed by atoms with E-state index in [2.05, 4.69) is 5.32 Å². The molecule has 0 spiro atoms. The average molecular weight is 267 g/mol. The third-order valence-corrected chi connectivity index (χ3v) is 2.58. The van der Waals surface area contributed by atoms with E-state index in [9.17, 15) is 20.0 Å². The maximum atomic E-state index is 11.0. The Morgan fingerprint density at radius 1 is 1.53 bits per heavy atom. The van der Waals surface area contributed by atoms with E-state index < -0.39 is 16.9 Å². The Morgan fingerprint density at radius 2 is 2.16 bits per heavy atom. The lowest BCUT2D eigenvalue weighted by molar-refractivity contribution is -0.384. The number of hydrogen-bond donors (Lipinski definition) is 3. The number of hydrogen-bond acceptors (Lipinski definition) is 5. The van der Waals surface area contributed by atoms with Gasteiger partial charge in [-0.25, -0.2) is 0 Å². The van der Waals surface area contributed by atoms with Crippen LogP contribution in [0.5, 0.6) is 0 Å². The number of carbonyl (C=O) groups is 1. The highest BCUT2D eigenvalue weighted by atomic mass is 16.6. The van der Waals surface area contributed by atoms with Gasteiger partial charge in [0.25, 0.3) is 5.69 Å². The Morgan fingerprint density at radius 3 is 2.63 bits per heavy atom. The molecule has 0 saturated heterocycles. The van der Waals surface area contributed by atoms with E-state index in [4.69, 9.17) is 5.73 Å². The van der Waals surface area contributed by atoms with Crippen LogP contribution in [0.15, 0.2) is 18.2 Å². The van der Waals surface area contributed by atoms with Gasteiger partial charge in [-0.2, -0.15) is 0 Å². The third-order valence-electron chi connectivity index (χ3n) is 2.58. The minimum atomic E-state index is -0.716. The molecule has 7 heteroatoms. The lowest BCUT2D eigenvalue weighted by atomic mass is 10.1. The minimum Gasteiger partial charge on any atom is -0.393 e. The number of carbonyl (C=O) groups excluding carboxylic acids is 1. The summed E-state index contributed by atoms with van der Waals surface area (Å²) < 4.78 is 0. The molecule has 0 aliphatic carbocycles. The van der Waals surface area contributed by atoms with Crippen LogP contribution >= 0.6 is 0 Å². The molecule has 0 bridgehead atoms. The van der Waals surface area contributed by atoms with Gasteiger partial charge in [-0.3, -0.25) is 14.9 Å². The lowest BCUT2D eigenvalue weighted by Gasteiger charge is -2.16. The molecule has 0 aromatic heterocycles. The number of nitro groups is 1. The molecule has 0 aliphatic heterocycles. The van der Waals surface area contributed by atoms with Crippen molar-refractivity contribution >= 4 is 17.3 Å². The first-order chi connectivity index (χ1) is 8.81. The van der Waals surface area contributed by atoms with Crippen LogP contribution in [0, 0.1) is 10.1 Å². The fourth-order valence-corrected chi connectivity index (χ4v) is 1.79. The fraction of sp³-hybridized carbons (Fsp3) is 0.417. The zero-order chi connectivity index (χ0) is 14.6. The predicted octanol–water partition coefficient (Wildman–Crippen LogP) is 1.26. The smallest absolute Gasteiger partial charge is 0.293 e. The largest absolute Gasteiger partial charge is 0.393 e. The van der Waals surface area contributed by atoms with Crippen molar-refractivity contribution in [1.82, 2.24) is 0 Å². The second kappa shape index (κ2) is 6.14. The van der Waals surface area contributed by atoms with Crippen LogP contribution in [0.3, 0.4) is 0 Å². The molecule has 104 valence electrons. The molecule has 19 heavy (non-hydrogen) atoms. The summed E-state index contributed by atoms with van der Waals surface area (Å²) in [5.74, 6) is -0.716.